The van der Waals surface area contributed by atoms with Crippen molar-refractivity contribution in [3.05, 3.63) is 77.0 Å². The SMILES string of the molecule is O=c1cc(-c2ccccc2)oc2ccc3ccc(O)cc3c12. The third-order valence-electron chi connectivity index (χ3n) is 3.75. The zero-order chi connectivity index (χ0) is 15.1. The summed E-state index contributed by atoms with van der Waals surface area (Å²) in [5.41, 5.74) is 1.26. The normalized spacial score (nSPS) is 11.1. The number of phenols is 1. The molecule has 1 heterocycles. The van der Waals surface area contributed by atoms with Gasteiger partial charge in [0.1, 0.15) is 17.1 Å². The van der Waals surface area contributed by atoms with Gasteiger partial charge in [-0.15, -0.1) is 0 Å². The summed E-state index contributed by atoms with van der Waals surface area (Å²) in [4.78, 5) is 12.6. The fourth-order valence-corrected chi connectivity index (χ4v) is 2.71. The minimum Gasteiger partial charge on any atom is -0.508 e. The topological polar surface area (TPSA) is 50.4 Å². The van der Waals surface area contributed by atoms with Gasteiger partial charge in [0, 0.05) is 17.0 Å². The first-order valence-electron chi connectivity index (χ1n) is 6.97. The van der Waals surface area contributed by atoms with E-state index in [1.807, 2.05) is 36.4 Å². The van der Waals surface area contributed by atoms with Gasteiger partial charge in [0.05, 0.1) is 5.39 Å². The van der Waals surface area contributed by atoms with Gasteiger partial charge in [0.15, 0.2) is 5.43 Å². The van der Waals surface area contributed by atoms with E-state index in [1.165, 1.54) is 6.07 Å². The molecule has 0 aliphatic rings. The van der Waals surface area contributed by atoms with E-state index in [-0.39, 0.29) is 11.2 Å². The number of benzene rings is 3. The molecule has 3 aromatic carbocycles. The van der Waals surface area contributed by atoms with Crippen molar-refractivity contribution in [1.82, 2.24) is 0 Å². The molecule has 0 fully saturated rings. The summed E-state index contributed by atoms with van der Waals surface area (Å²) in [7, 11) is 0. The average Bonchev–Trinajstić information content (AvgIpc) is 2.55. The van der Waals surface area contributed by atoms with Crippen LogP contribution in [0.2, 0.25) is 0 Å². The fourth-order valence-electron chi connectivity index (χ4n) is 2.71. The second-order valence-electron chi connectivity index (χ2n) is 5.19. The van der Waals surface area contributed by atoms with Crippen LogP contribution in [0.1, 0.15) is 0 Å². The van der Waals surface area contributed by atoms with E-state index >= 15 is 0 Å². The molecule has 4 rings (SSSR count). The van der Waals surface area contributed by atoms with Crippen LogP contribution >= 0.6 is 0 Å². The molecule has 0 spiro atoms. The van der Waals surface area contributed by atoms with Gasteiger partial charge in [-0.1, -0.05) is 42.5 Å². The molecule has 106 valence electrons. The van der Waals surface area contributed by atoms with Gasteiger partial charge in [-0.25, -0.2) is 0 Å². The molecule has 0 radical (unpaired) electrons. The van der Waals surface area contributed by atoms with Crippen molar-refractivity contribution < 1.29 is 9.52 Å². The molecule has 0 aliphatic carbocycles. The van der Waals surface area contributed by atoms with Crippen LogP contribution in [-0.4, -0.2) is 5.11 Å². The maximum Gasteiger partial charge on any atom is 0.193 e. The van der Waals surface area contributed by atoms with Crippen LogP contribution in [0.15, 0.2) is 75.9 Å². The third-order valence-corrected chi connectivity index (χ3v) is 3.75. The number of aromatic hydroxyl groups is 1. The van der Waals surface area contributed by atoms with Crippen LogP contribution in [0.3, 0.4) is 0 Å². The monoisotopic (exact) mass is 288 g/mol. The van der Waals surface area contributed by atoms with Gasteiger partial charge >= 0.3 is 0 Å². The molecule has 3 heteroatoms. The smallest absolute Gasteiger partial charge is 0.193 e. The molecule has 0 unspecified atom stereocenters. The minimum absolute atomic E-state index is 0.115. The van der Waals surface area contributed by atoms with Crippen molar-refractivity contribution in [3.63, 3.8) is 0 Å². The predicted octanol–water partition coefficient (Wildman–Crippen LogP) is 4.32. The Morgan fingerprint density at radius 2 is 1.64 bits per heavy atom. The highest BCUT2D eigenvalue weighted by Gasteiger charge is 2.10. The Kier molecular flexibility index (Phi) is 2.73. The zero-order valence-electron chi connectivity index (χ0n) is 11.6. The largest absolute Gasteiger partial charge is 0.508 e. The van der Waals surface area contributed by atoms with Gasteiger partial charge in [-0.2, -0.15) is 0 Å². The standard InChI is InChI=1S/C19H12O3/c20-14-8-6-12-7-9-17-19(15(12)10-14)16(21)11-18(22-17)13-4-2-1-3-5-13/h1-11,20H. The average molecular weight is 288 g/mol. The summed E-state index contributed by atoms with van der Waals surface area (Å²) in [6.07, 6.45) is 0. The van der Waals surface area contributed by atoms with Gasteiger partial charge in [0.25, 0.3) is 0 Å². The highest BCUT2D eigenvalue weighted by atomic mass is 16.3. The van der Waals surface area contributed by atoms with Gasteiger partial charge in [-0.05, 0) is 23.6 Å². The van der Waals surface area contributed by atoms with Crippen LogP contribution in [0.25, 0.3) is 33.1 Å². The van der Waals surface area contributed by atoms with Gasteiger partial charge in [0.2, 0.25) is 0 Å². The molecule has 1 aromatic heterocycles. The second-order valence-corrected chi connectivity index (χ2v) is 5.19. The summed E-state index contributed by atoms with van der Waals surface area (Å²) in [5, 5.41) is 11.8. The van der Waals surface area contributed by atoms with Crippen LogP contribution < -0.4 is 5.43 Å². The molecule has 3 nitrogen and oxygen atoms in total. The lowest BCUT2D eigenvalue weighted by Crippen LogP contribution is -2.01. The molecular weight excluding hydrogens is 276 g/mol. The first kappa shape index (κ1) is 12.7. The number of rotatable bonds is 1. The van der Waals surface area contributed by atoms with E-state index in [1.54, 1.807) is 24.3 Å². The summed E-state index contributed by atoms with van der Waals surface area (Å²) < 4.78 is 5.90. The molecule has 0 bridgehead atoms. The predicted molar refractivity (Wildman–Crippen MR) is 87.1 cm³/mol. The molecule has 1 N–H and O–H groups in total. The lowest BCUT2D eigenvalue weighted by molar-refractivity contribution is 0.476. The van der Waals surface area contributed by atoms with E-state index in [0.29, 0.717) is 22.1 Å². The van der Waals surface area contributed by atoms with Crippen molar-refractivity contribution in [1.29, 1.82) is 0 Å². The quantitative estimate of drug-likeness (QED) is 0.531. The van der Waals surface area contributed by atoms with E-state index in [0.717, 1.165) is 10.9 Å². The molecule has 22 heavy (non-hydrogen) atoms. The van der Waals surface area contributed by atoms with Gasteiger partial charge < -0.3 is 9.52 Å². The first-order chi connectivity index (χ1) is 10.7. The Bertz CT molecular complexity index is 1050. The Hall–Kier alpha value is -3.07. The fraction of sp³-hybridized carbons (Fsp3) is 0. The molecule has 0 amide bonds. The highest BCUT2D eigenvalue weighted by Crippen LogP contribution is 2.29. The van der Waals surface area contributed by atoms with E-state index in [2.05, 4.69) is 0 Å². The number of hydrogen-bond donors (Lipinski definition) is 1. The van der Waals surface area contributed by atoms with Crippen LogP contribution in [-0.2, 0) is 0 Å². The summed E-state index contributed by atoms with van der Waals surface area (Å²) in [6.45, 7) is 0. The molecule has 0 aliphatic heterocycles. The summed E-state index contributed by atoms with van der Waals surface area (Å²) in [6, 6.07) is 19.7. The zero-order valence-corrected chi connectivity index (χ0v) is 11.6. The van der Waals surface area contributed by atoms with Crippen molar-refractivity contribution in [2.75, 3.05) is 0 Å². The van der Waals surface area contributed by atoms with Crippen LogP contribution in [0, 0.1) is 0 Å². The van der Waals surface area contributed by atoms with Crippen LogP contribution in [0.4, 0.5) is 0 Å². The summed E-state index contributed by atoms with van der Waals surface area (Å²) >= 11 is 0. The second kappa shape index (κ2) is 4.74. The molecule has 0 saturated heterocycles. The molecule has 0 atom stereocenters. The van der Waals surface area contributed by atoms with E-state index in [9.17, 15) is 9.90 Å². The maximum atomic E-state index is 12.6. The maximum absolute atomic E-state index is 12.6. The molecular formula is C19H12O3. The lowest BCUT2D eigenvalue weighted by atomic mass is 10.0. The highest BCUT2D eigenvalue weighted by molar-refractivity contribution is 6.06. The van der Waals surface area contributed by atoms with Crippen molar-refractivity contribution in [2.45, 2.75) is 0 Å². The Balaban J connectivity index is 2.08. The van der Waals surface area contributed by atoms with Gasteiger partial charge in [-0.3, -0.25) is 4.79 Å². The van der Waals surface area contributed by atoms with E-state index in [4.69, 9.17) is 4.42 Å². The Labute approximate surface area is 126 Å². The summed E-state index contributed by atoms with van der Waals surface area (Å²) in [5.74, 6) is 0.670. The van der Waals surface area contributed by atoms with Crippen molar-refractivity contribution in [3.8, 4) is 17.1 Å². The first-order valence-corrected chi connectivity index (χ1v) is 6.97. The number of hydrogen-bond acceptors (Lipinski definition) is 3. The Morgan fingerprint density at radius 1 is 0.864 bits per heavy atom. The van der Waals surface area contributed by atoms with Crippen molar-refractivity contribution in [2.24, 2.45) is 0 Å². The number of phenolic OH excluding ortho intramolecular Hbond substituents is 1. The molecule has 0 saturated carbocycles. The Morgan fingerprint density at radius 3 is 2.45 bits per heavy atom. The molecule has 4 aromatic rings. The lowest BCUT2D eigenvalue weighted by Gasteiger charge is -2.06. The third kappa shape index (κ3) is 1.95. The van der Waals surface area contributed by atoms with Crippen molar-refractivity contribution >= 4 is 21.7 Å². The van der Waals surface area contributed by atoms with E-state index < -0.39 is 0 Å². The number of fused-ring (bicyclic) bond motifs is 3. The minimum atomic E-state index is -0.115. The van der Waals surface area contributed by atoms with Crippen LogP contribution in [0.5, 0.6) is 5.75 Å².